The molecule has 3 rings (SSSR count). The minimum atomic E-state index is -0.0492. The number of thiazole rings is 1. The van der Waals surface area contributed by atoms with Crippen LogP contribution in [0.25, 0.3) is 0 Å². The summed E-state index contributed by atoms with van der Waals surface area (Å²) in [5.41, 5.74) is 0. The van der Waals surface area contributed by atoms with Crippen molar-refractivity contribution < 1.29 is 9.59 Å². The van der Waals surface area contributed by atoms with Crippen LogP contribution in [0.2, 0.25) is 0 Å². The zero-order chi connectivity index (χ0) is 12.5. The minimum Gasteiger partial charge on any atom is -0.340 e. The van der Waals surface area contributed by atoms with Crippen molar-refractivity contribution in [3.63, 3.8) is 0 Å². The van der Waals surface area contributed by atoms with Crippen molar-refractivity contribution in [2.24, 2.45) is 0 Å². The van der Waals surface area contributed by atoms with Crippen LogP contribution in [0.1, 0.15) is 11.4 Å². The van der Waals surface area contributed by atoms with Crippen molar-refractivity contribution >= 4 is 34.9 Å². The van der Waals surface area contributed by atoms with Gasteiger partial charge in [0.1, 0.15) is 5.01 Å². The molecule has 2 aliphatic rings. The van der Waals surface area contributed by atoms with Crippen LogP contribution in [0.15, 0.2) is 23.9 Å². The summed E-state index contributed by atoms with van der Waals surface area (Å²) in [5, 5.41) is 5.74. The molecule has 2 aliphatic heterocycles. The van der Waals surface area contributed by atoms with Gasteiger partial charge in [-0.25, -0.2) is 4.98 Å². The number of aromatic nitrogens is 1. The molecule has 0 radical (unpaired) electrons. The highest BCUT2D eigenvalue weighted by molar-refractivity contribution is 8.00. The fourth-order valence-corrected chi connectivity index (χ4v) is 3.72. The van der Waals surface area contributed by atoms with Crippen LogP contribution in [0, 0.1) is 0 Å². The van der Waals surface area contributed by atoms with E-state index in [1.807, 2.05) is 11.5 Å². The van der Waals surface area contributed by atoms with Gasteiger partial charge in [0.2, 0.25) is 11.8 Å². The van der Waals surface area contributed by atoms with E-state index >= 15 is 0 Å². The lowest BCUT2D eigenvalue weighted by atomic mass is 10.2. The van der Waals surface area contributed by atoms with E-state index in [1.165, 1.54) is 11.3 Å². The Labute approximate surface area is 112 Å². The van der Waals surface area contributed by atoms with Gasteiger partial charge in [-0.3, -0.25) is 9.59 Å². The van der Waals surface area contributed by atoms with E-state index < -0.39 is 0 Å². The first kappa shape index (κ1) is 11.7. The smallest absolute Gasteiger partial charge is 0.230 e. The Morgan fingerprint density at radius 3 is 3.17 bits per heavy atom. The van der Waals surface area contributed by atoms with Gasteiger partial charge in [-0.05, 0) is 6.08 Å². The first-order valence-electron chi connectivity index (χ1n) is 5.55. The number of nitrogens with one attached hydrogen (secondary N) is 1. The van der Waals surface area contributed by atoms with Gasteiger partial charge >= 0.3 is 0 Å². The maximum absolute atomic E-state index is 11.8. The van der Waals surface area contributed by atoms with Crippen molar-refractivity contribution in [3.8, 4) is 0 Å². The molecule has 0 aliphatic carbocycles. The third-order valence-corrected chi connectivity index (χ3v) is 4.83. The highest BCUT2D eigenvalue weighted by atomic mass is 32.2. The number of rotatable bonds is 3. The van der Waals surface area contributed by atoms with Crippen LogP contribution in [0.4, 0.5) is 0 Å². The molecule has 5 nitrogen and oxygen atoms in total. The number of amides is 2. The Morgan fingerprint density at radius 2 is 2.50 bits per heavy atom. The number of carbonyl (C=O) groups excluding carboxylic acids is 2. The molecule has 1 aromatic rings. The Bertz CT molecular complexity index is 500. The van der Waals surface area contributed by atoms with Gasteiger partial charge in [-0.2, -0.15) is 0 Å². The normalized spacial score (nSPS) is 25.6. The largest absolute Gasteiger partial charge is 0.340 e. The molecule has 0 saturated carbocycles. The monoisotopic (exact) mass is 281 g/mol. The summed E-state index contributed by atoms with van der Waals surface area (Å²) in [4.78, 5) is 28.7. The van der Waals surface area contributed by atoms with Crippen molar-refractivity contribution in [1.82, 2.24) is 15.2 Å². The highest BCUT2D eigenvalue weighted by Crippen LogP contribution is 2.35. The summed E-state index contributed by atoms with van der Waals surface area (Å²) in [7, 11) is 0. The topological polar surface area (TPSA) is 62.3 Å². The molecule has 1 saturated heterocycles. The minimum absolute atomic E-state index is 0.0359. The molecule has 0 spiro atoms. The Morgan fingerprint density at radius 1 is 1.61 bits per heavy atom. The molecule has 1 fully saturated rings. The lowest BCUT2D eigenvalue weighted by Gasteiger charge is -2.41. The second kappa shape index (κ2) is 4.74. The predicted octanol–water partition coefficient (Wildman–Crippen LogP) is 0.947. The maximum atomic E-state index is 11.8. The predicted molar refractivity (Wildman–Crippen MR) is 69.7 cm³/mol. The average Bonchev–Trinajstić information content (AvgIpc) is 2.80. The molecule has 1 unspecified atom stereocenters. The molecule has 3 heterocycles. The number of fused-ring (bicyclic) bond motifs is 1. The second-order valence-corrected chi connectivity index (χ2v) is 6.33. The molecule has 0 aromatic carbocycles. The van der Waals surface area contributed by atoms with E-state index in [1.54, 1.807) is 29.1 Å². The maximum Gasteiger partial charge on any atom is 0.230 e. The Kier molecular flexibility index (Phi) is 3.09. The third kappa shape index (κ3) is 2.28. The lowest BCUT2D eigenvalue weighted by molar-refractivity contribution is -0.137. The molecular weight excluding hydrogens is 270 g/mol. The summed E-state index contributed by atoms with van der Waals surface area (Å²) in [6.07, 6.45) is 6.18. The molecule has 94 valence electrons. The van der Waals surface area contributed by atoms with Gasteiger partial charge in [0.25, 0.3) is 0 Å². The fourth-order valence-electron chi connectivity index (χ4n) is 1.85. The standard InChI is InChI=1S/C11H11N3O2S2/c15-7(5-9-12-2-4-17-9)13-8-1-3-14-10(16)6-11(14)18-8/h1-4,8,11H,5-6H2,(H,13,15)/t8?,11-/m1/s1. The Balaban J connectivity index is 1.54. The molecule has 2 amide bonds. The zero-order valence-electron chi connectivity index (χ0n) is 9.41. The molecule has 1 aromatic heterocycles. The van der Waals surface area contributed by atoms with Crippen molar-refractivity contribution in [2.45, 2.75) is 23.6 Å². The van der Waals surface area contributed by atoms with Crippen molar-refractivity contribution in [3.05, 3.63) is 28.9 Å². The van der Waals surface area contributed by atoms with Gasteiger partial charge in [0.15, 0.2) is 0 Å². The van der Waals surface area contributed by atoms with E-state index in [2.05, 4.69) is 10.3 Å². The van der Waals surface area contributed by atoms with E-state index in [9.17, 15) is 9.59 Å². The molecule has 1 N–H and O–H groups in total. The van der Waals surface area contributed by atoms with Gasteiger partial charge in [0, 0.05) is 17.8 Å². The number of carbonyl (C=O) groups is 2. The van der Waals surface area contributed by atoms with Crippen LogP contribution in [-0.4, -0.2) is 32.4 Å². The van der Waals surface area contributed by atoms with Crippen molar-refractivity contribution in [2.75, 3.05) is 0 Å². The summed E-state index contributed by atoms with van der Waals surface area (Å²) in [6.45, 7) is 0. The number of hydrogen-bond acceptors (Lipinski definition) is 5. The molecular formula is C11H11N3O2S2. The van der Waals surface area contributed by atoms with Crippen LogP contribution >= 0.6 is 23.1 Å². The van der Waals surface area contributed by atoms with Gasteiger partial charge in [-0.1, -0.05) is 0 Å². The first-order valence-corrected chi connectivity index (χ1v) is 7.37. The van der Waals surface area contributed by atoms with Crippen LogP contribution in [-0.2, 0) is 16.0 Å². The summed E-state index contributed by atoms with van der Waals surface area (Å²) >= 11 is 3.07. The number of nitrogens with zero attached hydrogens (tertiary/aromatic N) is 2. The first-order chi connectivity index (χ1) is 8.72. The highest BCUT2D eigenvalue weighted by Gasteiger charge is 2.39. The second-order valence-electron chi connectivity index (χ2n) is 4.03. The molecule has 18 heavy (non-hydrogen) atoms. The quantitative estimate of drug-likeness (QED) is 0.838. The van der Waals surface area contributed by atoms with Crippen molar-refractivity contribution in [1.29, 1.82) is 0 Å². The van der Waals surface area contributed by atoms with E-state index in [0.29, 0.717) is 12.8 Å². The summed E-state index contributed by atoms with van der Waals surface area (Å²) in [5.74, 6) is 0.113. The Hall–Kier alpha value is -1.34. The van der Waals surface area contributed by atoms with Crippen LogP contribution in [0.3, 0.4) is 0 Å². The number of hydrogen-bond donors (Lipinski definition) is 1. The fraction of sp³-hybridized carbons (Fsp3) is 0.364. The number of β-lactam (4-membered cyclic amide) rings is 1. The van der Waals surface area contributed by atoms with E-state index in [-0.39, 0.29) is 22.6 Å². The van der Waals surface area contributed by atoms with Crippen LogP contribution < -0.4 is 5.32 Å². The van der Waals surface area contributed by atoms with Gasteiger partial charge in [0.05, 0.1) is 23.6 Å². The summed E-state index contributed by atoms with van der Waals surface area (Å²) in [6, 6.07) is 0. The van der Waals surface area contributed by atoms with Gasteiger partial charge in [-0.15, -0.1) is 23.1 Å². The van der Waals surface area contributed by atoms with E-state index in [4.69, 9.17) is 0 Å². The SMILES string of the molecule is O=C(Cc1nccs1)NC1C=CN2C(=O)C[C@H]2S1. The molecule has 7 heteroatoms. The van der Waals surface area contributed by atoms with E-state index in [0.717, 1.165) is 5.01 Å². The third-order valence-electron chi connectivity index (χ3n) is 2.77. The van der Waals surface area contributed by atoms with Crippen LogP contribution in [0.5, 0.6) is 0 Å². The van der Waals surface area contributed by atoms with Gasteiger partial charge < -0.3 is 10.2 Å². The lowest BCUT2D eigenvalue weighted by Crippen LogP contribution is -2.51. The zero-order valence-corrected chi connectivity index (χ0v) is 11.0. The molecule has 0 bridgehead atoms. The summed E-state index contributed by atoms with van der Waals surface area (Å²) < 4.78 is 0. The average molecular weight is 281 g/mol. The molecule has 2 atom stereocenters. The number of thioether (sulfide) groups is 1.